The smallest absolute Gasteiger partial charge is 0.251 e. The maximum Gasteiger partial charge on any atom is 0.251 e. The normalized spacial score (nSPS) is 21.5. The summed E-state index contributed by atoms with van der Waals surface area (Å²) in [7, 11) is 0. The van der Waals surface area contributed by atoms with E-state index in [4.69, 9.17) is 0 Å². The van der Waals surface area contributed by atoms with Gasteiger partial charge in [-0.2, -0.15) is 0 Å². The summed E-state index contributed by atoms with van der Waals surface area (Å²) >= 11 is 0. The Bertz CT molecular complexity index is 1060. The molecule has 2 aliphatic rings. The number of hydrogen-bond acceptors (Lipinski definition) is 5. The predicted molar refractivity (Wildman–Crippen MR) is 113 cm³/mol. The molecule has 0 unspecified atom stereocenters. The molecule has 7 nitrogen and oxygen atoms in total. The summed E-state index contributed by atoms with van der Waals surface area (Å²) in [6.07, 6.45) is 5.60. The van der Waals surface area contributed by atoms with Crippen LogP contribution in [0.4, 0.5) is 10.2 Å². The van der Waals surface area contributed by atoms with E-state index < -0.39 is 6.17 Å². The number of imidazole rings is 1. The number of fused-ring (bicyclic) bond motifs is 1. The zero-order valence-electron chi connectivity index (χ0n) is 16.6. The molecule has 3 aromatic heterocycles. The number of carbonyl (C=O) groups is 1. The van der Waals surface area contributed by atoms with Gasteiger partial charge in [-0.15, -0.1) is 0 Å². The summed E-state index contributed by atoms with van der Waals surface area (Å²) < 4.78 is 16.1. The highest BCUT2D eigenvalue weighted by Crippen LogP contribution is 2.27. The average Bonchev–Trinajstić information content (AvgIpc) is 3.50. The van der Waals surface area contributed by atoms with Crippen LogP contribution in [-0.2, 0) is 0 Å². The van der Waals surface area contributed by atoms with Crippen molar-refractivity contribution in [3.8, 4) is 11.4 Å². The number of pyridine rings is 2. The number of halogens is 1. The lowest BCUT2D eigenvalue weighted by molar-refractivity contribution is 0.0952. The first-order valence-corrected chi connectivity index (χ1v) is 10.5. The summed E-state index contributed by atoms with van der Waals surface area (Å²) in [6, 6.07) is 8.93. The van der Waals surface area contributed by atoms with Crippen LogP contribution >= 0.6 is 0 Å². The molecule has 4 heterocycles. The highest BCUT2D eigenvalue weighted by atomic mass is 19.1. The molecule has 2 fully saturated rings. The van der Waals surface area contributed by atoms with Gasteiger partial charge in [-0.05, 0) is 56.0 Å². The van der Waals surface area contributed by atoms with Gasteiger partial charge in [-0.1, -0.05) is 6.07 Å². The number of aromatic nitrogens is 3. The van der Waals surface area contributed by atoms with E-state index in [2.05, 4.69) is 25.9 Å². The SMILES string of the molecule is O=C(NCC1CC1)c1ccn2c(-c3cccc(N[C@H]4CNCC[C@@H]4F)n3)cnc2c1. The zero-order chi connectivity index (χ0) is 20.5. The van der Waals surface area contributed by atoms with Gasteiger partial charge in [0.25, 0.3) is 5.91 Å². The van der Waals surface area contributed by atoms with Crippen LogP contribution < -0.4 is 16.0 Å². The Morgan fingerprint density at radius 3 is 3.00 bits per heavy atom. The van der Waals surface area contributed by atoms with Crippen molar-refractivity contribution in [1.29, 1.82) is 0 Å². The summed E-state index contributed by atoms with van der Waals surface area (Å²) in [5, 5.41) is 9.39. The first kappa shape index (κ1) is 19.0. The molecule has 1 saturated heterocycles. The van der Waals surface area contributed by atoms with Gasteiger partial charge in [0.15, 0.2) is 0 Å². The largest absolute Gasteiger partial charge is 0.363 e. The summed E-state index contributed by atoms with van der Waals surface area (Å²) in [6.45, 7) is 2.02. The lowest BCUT2D eigenvalue weighted by Crippen LogP contribution is -2.46. The minimum absolute atomic E-state index is 0.0693. The van der Waals surface area contributed by atoms with Crippen molar-refractivity contribution >= 4 is 17.4 Å². The van der Waals surface area contributed by atoms with Crippen LogP contribution in [0.1, 0.15) is 29.6 Å². The van der Waals surface area contributed by atoms with Crippen molar-refractivity contribution in [2.45, 2.75) is 31.5 Å². The van der Waals surface area contributed by atoms with E-state index in [0.29, 0.717) is 42.5 Å². The molecule has 1 aliphatic heterocycles. The number of nitrogens with zero attached hydrogens (tertiary/aromatic N) is 3. The van der Waals surface area contributed by atoms with Crippen molar-refractivity contribution in [2.24, 2.45) is 5.92 Å². The van der Waals surface area contributed by atoms with Crippen molar-refractivity contribution in [2.75, 3.05) is 25.0 Å². The lowest BCUT2D eigenvalue weighted by Gasteiger charge is -2.28. The molecule has 5 rings (SSSR count). The van der Waals surface area contributed by atoms with Crippen LogP contribution in [0.25, 0.3) is 17.0 Å². The van der Waals surface area contributed by atoms with E-state index in [0.717, 1.165) is 17.9 Å². The Kier molecular flexibility index (Phi) is 5.08. The van der Waals surface area contributed by atoms with Crippen LogP contribution in [-0.4, -0.2) is 52.1 Å². The van der Waals surface area contributed by atoms with Gasteiger partial charge in [-0.3, -0.25) is 9.20 Å². The van der Waals surface area contributed by atoms with E-state index in [1.807, 2.05) is 28.8 Å². The van der Waals surface area contributed by atoms with Crippen molar-refractivity contribution in [3.63, 3.8) is 0 Å². The molecule has 0 radical (unpaired) electrons. The van der Waals surface area contributed by atoms with Crippen LogP contribution in [0, 0.1) is 5.92 Å². The molecule has 0 aromatic carbocycles. The number of piperidine rings is 1. The third-order valence-corrected chi connectivity index (χ3v) is 5.77. The van der Waals surface area contributed by atoms with Crippen LogP contribution in [0.2, 0.25) is 0 Å². The first-order valence-electron chi connectivity index (χ1n) is 10.5. The second-order valence-corrected chi connectivity index (χ2v) is 8.11. The number of alkyl halides is 1. The topological polar surface area (TPSA) is 83.4 Å². The maximum absolute atomic E-state index is 14.1. The number of carbonyl (C=O) groups excluding carboxylic acids is 1. The summed E-state index contributed by atoms with van der Waals surface area (Å²) in [5.74, 6) is 1.20. The molecular formula is C22H25FN6O. The fourth-order valence-corrected chi connectivity index (χ4v) is 3.79. The lowest BCUT2D eigenvalue weighted by atomic mass is 10.1. The number of nitrogens with one attached hydrogen (secondary N) is 3. The van der Waals surface area contributed by atoms with Gasteiger partial charge in [0.1, 0.15) is 17.6 Å². The van der Waals surface area contributed by atoms with Crippen molar-refractivity contribution in [1.82, 2.24) is 25.0 Å². The Hall–Kier alpha value is -3.00. The highest BCUT2D eigenvalue weighted by Gasteiger charge is 2.25. The van der Waals surface area contributed by atoms with E-state index in [1.165, 1.54) is 12.8 Å². The van der Waals surface area contributed by atoms with Crippen molar-refractivity contribution < 1.29 is 9.18 Å². The third kappa shape index (κ3) is 4.00. The third-order valence-electron chi connectivity index (χ3n) is 5.77. The van der Waals surface area contributed by atoms with Crippen LogP contribution in [0.3, 0.4) is 0 Å². The quantitative estimate of drug-likeness (QED) is 0.584. The molecule has 2 atom stereocenters. The molecular weight excluding hydrogens is 383 g/mol. The fraction of sp³-hybridized carbons (Fsp3) is 0.409. The molecule has 3 aromatic rings. The van der Waals surface area contributed by atoms with Crippen LogP contribution in [0.15, 0.2) is 42.7 Å². The van der Waals surface area contributed by atoms with Gasteiger partial charge in [-0.25, -0.2) is 14.4 Å². The van der Waals surface area contributed by atoms with Gasteiger partial charge in [0.2, 0.25) is 0 Å². The Labute approximate surface area is 174 Å². The molecule has 0 bridgehead atoms. The summed E-state index contributed by atoms with van der Waals surface area (Å²) in [4.78, 5) is 21.5. The molecule has 8 heteroatoms. The van der Waals surface area contributed by atoms with E-state index in [9.17, 15) is 9.18 Å². The molecule has 0 spiro atoms. The second kappa shape index (κ2) is 8.02. The van der Waals surface area contributed by atoms with E-state index in [-0.39, 0.29) is 11.9 Å². The monoisotopic (exact) mass is 408 g/mol. The predicted octanol–water partition coefficient (Wildman–Crippen LogP) is 2.65. The highest BCUT2D eigenvalue weighted by molar-refractivity contribution is 5.95. The molecule has 30 heavy (non-hydrogen) atoms. The summed E-state index contributed by atoms with van der Waals surface area (Å²) in [5.41, 5.74) is 2.83. The number of rotatable bonds is 6. The zero-order valence-corrected chi connectivity index (χ0v) is 16.6. The van der Waals surface area contributed by atoms with Gasteiger partial charge < -0.3 is 16.0 Å². The van der Waals surface area contributed by atoms with Gasteiger partial charge >= 0.3 is 0 Å². The number of anilines is 1. The minimum Gasteiger partial charge on any atom is -0.363 e. The van der Waals surface area contributed by atoms with Crippen LogP contribution in [0.5, 0.6) is 0 Å². The molecule has 3 N–H and O–H groups in total. The van der Waals surface area contributed by atoms with Crippen molar-refractivity contribution in [3.05, 3.63) is 48.3 Å². The molecule has 156 valence electrons. The number of hydrogen-bond donors (Lipinski definition) is 3. The maximum atomic E-state index is 14.1. The Morgan fingerprint density at radius 1 is 1.27 bits per heavy atom. The van der Waals surface area contributed by atoms with E-state index >= 15 is 0 Å². The van der Waals surface area contributed by atoms with Gasteiger partial charge in [0, 0.05) is 24.8 Å². The van der Waals surface area contributed by atoms with Gasteiger partial charge in [0.05, 0.1) is 23.6 Å². The molecule has 1 saturated carbocycles. The average molecular weight is 408 g/mol. The molecule has 1 amide bonds. The minimum atomic E-state index is -0.892. The second-order valence-electron chi connectivity index (χ2n) is 8.11. The number of amides is 1. The Morgan fingerprint density at radius 2 is 2.17 bits per heavy atom. The molecule has 1 aliphatic carbocycles. The fourth-order valence-electron chi connectivity index (χ4n) is 3.79. The standard InChI is InChI=1S/C22H25FN6O/c23-16-6-8-24-12-18(16)28-20-3-1-2-17(27-20)19-13-25-21-10-15(7-9-29(19)21)22(30)26-11-14-4-5-14/h1-3,7,9-10,13-14,16,18,24H,4-6,8,11-12H2,(H,26,30)(H,27,28)/t16-,18-/m0/s1. The first-order chi connectivity index (χ1) is 14.7. The Balaban J connectivity index is 1.36. The van der Waals surface area contributed by atoms with E-state index in [1.54, 1.807) is 18.3 Å².